The Kier molecular flexibility index (Phi) is 4.69. The van der Waals surface area contributed by atoms with Crippen LogP contribution in [0.5, 0.6) is 0 Å². The van der Waals surface area contributed by atoms with Crippen LogP contribution < -0.4 is 5.73 Å². The maximum absolute atomic E-state index is 5.58. The molecule has 1 aromatic rings. The Labute approximate surface area is 115 Å². The normalized spacial score (nSPS) is 17.8. The third kappa shape index (κ3) is 3.77. The molecular formula is C14H21N3S. The molecular weight excluding hydrogens is 242 g/mol. The van der Waals surface area contributed by atoms with Crippen LogP contribution >= 0.6 is 12.2 Å². The van der Waals surface area contributed by atoms with E-state index in [1.807, 2.05) is 0 Å². The zero-order valence-corrected chi connectivity index (χ0v) is 11.7. The van der Waals surface area contributed by atoms with Gasteiger partial charge in [0.1, 0.15) is 0 Å². The molecule has 2 N–H and O–H groups in total. The van der Waals surface area contributed by atoms with E-state index in [1.165, 1.54) is 11.1 Å². The monoisotopic (exact) mass is 263 g/mol. The van der Waals surface area contributed by atoms with Crippen molar-refractivity contribution in [1.82, 2.24) is 9.80 Å². The van der Waals surface area contributed by atoms with Gasteiger partial charge in [0.25, 0.3) is 0 Å². The second-order valence-electron chi connectivity index (χ2n) is 4.95. The maximum atomic E-state index is 5.58. The lowest BCUT2D eigenvalue weighted by Crippen LogP contribution is -2.48. The Balaban J connectivity index is 1.84. The minimum atomic E-state index is 0.599. The second kappa shape index (κ2) is 6.27. The van der Waals surface area contributed by atoms with E-state index in [9.17, 15) is 0 Å². The van der Waals surface area contributed by atoms with E-state index in [4.69, 9.17) is 18.0 Å². The summed E-state index contributed by atoms with van der Waals surface area (Å²) in [6.07, 6.45) is 0. The number of thiocarbonyl (C=S) groups is 1. The zero-order chi connectivity index (χ0) is 13.0. The molecule has 0 amide bonds. The minimum Gasteiger partial charge on any atom is -0.392 e. The summed E-state index contributed by atoms with van der Waals surface area (Å²) < 4.78 is 0. The van der Waals surface area contributed by atoms with Gasteiger partial charge in [-0.25, -0.2) is 0 Å². The van der Waals surface area contributed by atoms with Crippen molar-refractivity contribution in [2.24, 2.45) is 5.73 Å². The molecule has 1 aliphatic heterocycles. The molecule has 18 heavy (non-hydrogen) atoms. The van der Waals surface area contributed by atoms with Gasteiger partial charge in [-0.15, -0.1) is 0 Å². The highest BCUT2D eigenvalue weighted by Gasteiger charge is 2.17. The summed E-state index contributed by atoms with van der Waals surface area (Å²) in [5.41, 5.74) is 8.39. The second-order valence-corrected chi connectivity index (χ2v) is 5.47. The first kappa shape index (κ1) is 13.5. The maximum Gasteiger partial charge on any atom is 0.0870 e. The van der Waals surface area contributed by atoms with Gasteiger partial charge in [0.15, 0.2) is 0 Å². The summed E-state index contributed by atoms with van der Waals surface area (Å²) in [5.74, 6) is 0. The molecule has 0 aliphatic carbocycles. The Hall–Kier alpha value is -0.970. The van der Waals surface area contributed by atoms with Gasteiger partial charge in [0.05, 0.1) is 4.99 Å². The van der Waals surface area contributed by atoms with Crippen LogP contribution in [0.25, 0.3) is 0 Å². The Bertz CT molecular complexity index is 411. The summed E-state index contributed by atoms with van der Waals surface area (Å²) in [6.45, 7) is 8.29. The van der Waals surface area contributed by atoms with Crippen molar-refractivity contribution >= 4 is 17.2 Å². The molecule has 1 saturated heterocycles. The van der Waals surface area contributed by atoms with Crippen molar-refractivity contribution in [1.29, 1.82) is 0 Å². The smallest absolute Gasteiger partial charge is 0.0870 e. The molecule has 3 nitrogen and oxygen atoms in total. The molecule has 1 heterocycles. The number of aryl methyl sites for hydroxylation is 1. The summed E-state index contributed by atoms with van der Waals surface area (Å²) in [6, 6.07) is 8.61. The summed E-state index contributed by atoms with van der Waals surface area (Å²) >= 11 is 4.95. The fourth-order valence-corrected chi connectivity index (χ4v) is 2.54. The zero-order valence-electron chi connectivity index (χ0n) is 10.9. The SMILES string of the molecule is Cc1ccccc1CN1CCN(CC(N)=S)CC1. The lowest BCUT2D eigenvalue weighted by molar-refractivity contribution is 0.140. The van der Waals surface area contributed by atoms with Gasteiger partial charge in [0.2, 0.25) is 0 Å². The van der Waals surface area contributed by atoms with E-state index in [0.717, 1.165) is 39.3 Å². The number of hydrogen-bond donors (Lipinski definition) is 1. The summed E-state index contributed by atoms with van der Waals surface area (Å²) in [5, 5.41) is 0. The predicted molar refractivity (Wildman–Crippen MR) is 79.7 cm³/mol. The standard InChI is InChI=1S/C14H21N3S/c1-12-4-2-3-5-13(12)10-16-6-8-17(9-7-16)11-14(15)18/h2-5H,6-11H2,1H3,(H2,15,18). The van der Waals surface area contributed by atoms with E-state index in [-0.39, 0.29) is 0 Å². The summed E-state index contributed by atoms with van der Waals surface area (Å²) in [7, 11) is 0. The van der Waals surface area contributed by atoms with Crippen LogP contribution in [0.1, 0.15) is 11.1 Å². The fourth-order valence-electron chi connectivity index (χ4n) is 2.35. The van der Waals surface area contributed by atoms with Crippen molar-refractivity contribution in [2.45, 2.75) is 13.5 Å². The van der Waals surface area contributed by atoms with Gasteiger partial charge in [0, 0.05) is 39.3 Å². The van der Waals surface area contributed by atoms with Crippen molar-refractivity contribution in [3.63, 3.8) is 0 Å². The van der Waals surface area contributed by atoms with Crippen LogP contribution in [0.2, 0.25) is 0 Å². The van der Waals surface area contributed by atoms with E-state index in [1.54, 1.807) is 0 Å². The van der Waals surface area contributed by atoms with E-state index >= 15 is 0 Å². The third-order valence-corrected chi connectivity index (χ3v) is 3.63. The summed E-state index contributed by atoms with van der Waals surface area (Å²) in [4.78, 5) is 5.43. The Morgan fingerprint density at radius 1 is 1.17 bits per heavy atom. The average molecular weight is 263 g/mol. The van der Waals surface area contributed by atoms with Crippen molar-refractivity contribution < 1.29 is 0 Å². The van der Waals surface area contributed by atoms with Gasteiger partial charge in [-0.3, -0.25) is 9.80 Å². The van der Waals surface area contributed by atoms with Crippen LogP contribution in [0.3, 0.4) is 0 Å². The number of rotatable bonds is 4. The molecule has 2 rings (SSSR count). The number of nitrogens with two attached hydrogens (primary N) is 1. The molecule has 1 aliphatic rings. The molecule has 1 aromatic carbocycles. The Morgan fingerprint density at radius 3 is 2.39 bits per heavy atom. The molecule has 0 radical (unpaired) electrons. The van der Waals surface area contributed by atoms with E-state index in [0.29, 0.717) is 4.99 Å². The van der Waals surface area contributed by atoms with Crippen molar-refractivity contribution in [3.05, 3.63) is 35.4 Å². The molecule has 0 unspecified atom stereocenters. The first-order valence-corrected chi connectivity index (χ1v) is 6.83. The number of nitrogens with zero attached hydrogens (tertiary/aromatic N) is 2. The quantitative estimate of drug-likeness (QED) is 0.832. The van der Waals surface area contributed by atoms with E-state index in [2.05, 4.69) is 41.0 Å². The van der Waals surface area contributed by atoms with Crippen LogP contribution in [-0.4, -0.2) is 47.5 Å². The predicted octanol–water partition coefficient (Wildman–Crippen LogP) is 1.40. The third-order valence-electron chi connectivity index (χ3n) is 3.50. The molecule has 0 aromatic heterocycles. The lowest BCUT2D eigenvalue weighted by Gasteiger charge is -2.34. The van der Waals surface area contributed by atoms with Gasteiger partial charge in [-0.05, 0) is 18.1 Å². The van der Waals surface area contributed by atoms with Crippen LogP contribution in [0, 0.1) is 6.92 Å². The number of piperazine rings is 1. The molecule has 0 bridgehead atoms. The van der Waals surface area contributed by atoms with Crippen LogP contribution in [0.4, 0.5) is 0 Å². The number of benzene rings is 1. The van der Waals surface area contributed by atoms with Gasteiger partial charge in [-0.2, -0.15) is 0 Å². The molecule has 0 saturated carbocycles. The van der Waals surface area contributed by atoms with Gasteiger partial charge in [-0.1, -0.05) is 36.5 Å². The Morgan fingerprint density at radius 2 is 1.78 bits per heavy atom. The molecule has 4 heteroatoms. The minimum absolute atomic E-state index is 0.599. The highest BCUT2D eigenvalue weighted by molar-refractivity contribution is 7.80. The topological polar surface area (TPSA) is 32.5 Å². The highest BCUT2D eigenvalue weighted by Crippen LogP contribution is 2.12. The largest absolute Gasteiger partial charge is 0.392 e. The number of hydrogen-bond acceptors (Lipinski definition) is 3. The van der Waals surface area contributed by atoms with Gasteiger partial charge < -0.3 is 5.73 Å². The molecule has 98 valence electrons. The first-order chi connectivity index (χ1) is 8.65. The van der Waals surface area contributed by atoms with Gasteiger partial charge >= 0.3 is 0 Å². The molecule has 0 atom stereocenters. The molecule has 1 fully saturated rings. The van der Waals surface area contributed by atoms with Crippen LogP contribution in [0.15, 0.2) is 24.3 Å². The van der Waals surface area contributed by atoms with Crippen LogP contribution in [-0.2, 0) is 6.54 Å². The molecule has 0 spiro atoms. The highest BCUT2D eigenvalue weighted by atomic mass is 32.1. The fraction of sp³-hybridized carbons (Fsp3) is 0.500. The lowest BCUT2D eigenvalue weighted by atomic mass is 10.1. The van der Waals surface area contributed by atoms with Crippen molar-refractivity contribution in [3.8, 4) is 0 Å². The van der Waals surface area contributed by atoms with E-state index < -0.39 is 0 Å². The first-order valence-electron chi connectivity index (χ1n) is 6.42. The average Bonchev–Trinajstić information content (AvgIpc) is 2.34. The van der Waals surface area contributed by atoms with Crippen molar-refractivity contribution in [2.75, 3.05) is 32.7 Å².